The topological polar surface area (TPSA) is 215 Å². The smallest absolute Gasteiger partial charge is 0.367 e. The number of hydrogen-bond acceptors (Lipinski definition) is 8. The number of ether oxygens (including phenoxy) is 1. The standard InChI is InChI=1S/C7H13N2O12P3/c10-6-1-2-9(7(11)8-6)3-4-19-5-22(12,13)20-24(17,18)21-23(14,15)16/h1-2H,3-5H2,(H,12,13)(H,17,18)(H,8,10,11)(H2,14,15,16). The van der Waals surface area contributed by atoms with Crippen molar-refractivity contribution >= 4 is 23.2 Å². The molecule has 1 rings (SSSR count). The van der Waals surface area contributed by atoms with Gasteiger partial charge in [-0.3, -0.25) is 18.9 Å². The highest BCUT2D eigenvalue weighted by molar-refractivity contribution is 7.68. The number of nitrogens with one attached hydrogen (secondary N) is 1. The molecule has 24 heavy (non-hydrogen) atoms. The molecule has 1 heterocycles. The van der Waals surface area contributed by atoms with E-state index in [1.807, 2.05) is 4.98 Å². The lowest BCUT2D eigenvalue weighted by atomic mass is 10.6. The molecule has 0 aliphatic carbocycles. The van der Waals surface area contributed by atoms with Crippen LogP contribution >= 0.6 is 23.2 Å². The van der Waals surface area contributed by atoms with E-state index >= 15 is 0 Å². The Labute approximate surface area is 133 Å². The van der Waals surface area contributed by atoms with Crippen LogP contribution in [-0.4, -0.2) is 42.1 Å². The zero-order chi connectivity index (χ0) is 18.6. The van der Waals surface area contributed by atoms with Crippen LogP contribution in [0.15, 0.2) is 21.9 Å². The average Bonchev–Trinajstić information content (AvgIpc) is 2.31. The van der Waals surface area contributed by atoms with Crippen LogP contribution in [0.25, 0.3) is 0 Å². The van der Waals surface area contributed by atoms with E-state index in [0.29, 0.717) is 0 Å². The minimum Gasteiger partial charge on any atom is -0.367 e. The summed E-state index contributed by atoms with van der Waals surface area (Å²) < 4.78 is 45.8. The molecule has 1 aromatic heterocycles. The molecule has 0 saturated carbocycles. The molecule has 0 fully saturated rings. The van der Waals surface area contributed by atoms with Crippen LogP contribution in [0.5, 0.6) is 0 Å². The van der Waals surface area contributed by atoms with Gasteiger partial charge in [-0.1, -0.05) is 0 Å². The van der Waals surface area contributed by atoms with Gasteiger partial charge in [-0.2, -0.15) is 4.31 Å². The van der Waals surface area contributed by atoms with Crippen molar-refractivity contribution in [2.24, 2.45) is 0 Å². The second-order valence-corrected chi connectivity index (χ2v) is 8.86. The maximum absolute atomic E-state index is 11.5. The number of rotatable bonds is 9. The Kier molecular flexibility index (Phi) is 7.03. The lowest BCUT2D eigenvalue weighted by Crippen LogP contribution is -2.29. The molecule has 0 aromatic carbocycles. The molecule has 0 bridgehead atoms. The molecular weight excluding hydrogens is 397 g/mol. The first kappa shape index (κ1) is 21.1. The minimum absolute atomic E-state index is 0.134. The van der Waals surface area contributed by atoms with Crippen LogP contribution in [-0.2, 0) is 33.6 Å². The molecule has 14 nitrogen and oxygen atoms in total. The van der Waals surface area contributed by atoms with Crippen LogP contribution in [0.2, 0.25) is 0 Å². The number of aromatic amines is 1. The van der Waals surface area contributed by atoms with Crippen LogP contribution in [0.4, 0.5) is 0 Å². The largest absolute Gasteiger partial charge is 0.488 e. The third kappa shape index (κ3) is 8.27. The van der Waals surface area contributed by atoms with Gasteiger partial charge in [0.15, 0.2) is 0 Å². The van der Waals surface area contributed by atoms with Crippen LogP contribution in [0.1, 0.15) is 0 Å². The maximum Gasteiger partial charge on any atom is 0.488 e. The minimum atomic E-state index is -5.51. The van der Waals surface area contributed by atoms with E-state index in [2.05, 4.69) is 8.62 Å². The Morgan fingerprint density at radius 2 is 1.71 bits per heavy atom. The van der Waals surface area contributed by atoms with Crippen molar-refractivity contribution in [3.63, 3.8) is 0 Å². The van der Waals surface area contributed by atoms with Gasteiger partial charge in [0.2, 0.25) is 0 Å². The summed E-state index contributed by atoms with van der Waals surface area (Å²) in [6.45, 7) is -0.458. The molecule has 2 atom stereocenters. The lowest BCUT2D eigenvalue weighted by Gasteiger charge is -2.16. The van der Waals surface area contributed by atoms with Gasteiger partial charge in [-0.15, -0.1) is 0 Å². The fourth-order valence-electron chi connectivity index (χ4n) is 1.30. The Morgan fingerprint density at radius 1 is 1.08 bits per heavy atom. The summed E-state index contributed by atoms with van der Waals surface area (Å²) in [6, 6.07) is 1.06. The molecule has 17 heteroatoms. The maximum atomic E-state index is 11.5. The summed E-state index contributed by atoms with van der Waals surface area (Å²) in [4.78, 5) is 59.0. The van der Waals surface area contributed by atoms with Gasteiger partial charge in [0.25, 0.3) is 5.56 Å². The molecule has 0 aliphatic heterocycles. The monoisotopic (exact) mass is 410 g/mol. The van der Waals surface area contributed by atoms with E-state index in [1.165, 1.54) is 0 Å². The van der Waals surface area contributed by atoms with Gasteiger partial charge in [0.1, 0.15) is 6.35 Å². The van der Waals surface area contributed by atoms with Crippen molar-refractivity contribution in [2.45, 2.75) is 6.54 Å². The zero-order valence-corrected chi connectivity index (χ0v) is 14.3. The van der Waals surface area contributed by atoms with Crippen molar-refractivity contribution < 1.29 is 46.6 Å². The summed E-state index contributed by atoms with van der Waals surface area (Å²) in [5.41, 5.74) is -1.36. The molecule has 0 spiro atoms. The highest BCUT2D eigenvalue weighted by Gasteiger charge is 2.39. The van der Waals surface area contributed by atoms with Gasteiger partial charge in [0, 0.05) is 12.3 Å². The second kappa shape index (κ2) is 7.98. The molecule has 0 saturated heterocycles. The highest BCUT2D eigenvalue weighted by Crippen LogP contribution is 2.65. The molecule has 0 amide bonds. The molecule has 2 unspecified atom stereocenters. The first-order valence-electron chi connectivity index (χ1n) is 5.80. The van der Waals surface area contributed by atoms with E-state index in [1.54, 1.807) is 0 Å². The van der Waals surface area contributed by atoms with Crippen molar-refractivity contribution in [3.05, 3.63) is 33.1 Å². The highest BCUT2D eigenvalue weighted by atomic mass is 31.3. The summed E-state index contributed by atoms with van der Waals surface area (Å²) in [7, 11) is -15.8. The molecule has 0 aliphatic rings. The second-order valence-electron chi connectivity index (χ2n) is 4.10. The Morgan fingerprint density at radius 3 is 2.25 bits per heavy atom. The predicted molar refractivity (Wildman–Crippen MR) is 76.0 cm³/mol. The van der Waals surface area contributed by atoms with Crippen molar-refractivity contribution in [3.8, 4) is 0 Å². The Bertz CT molecular complexity index is 822. The van der Waals surface area contributed by atoms with Gasteiger partial charge in [0.05, 0.1) is 13.2 Å². The molecule has 1 aromatic rings. The Hall–Kier alpha value is -0.910. The van der Waals surface area contributed by atoms with Crippen LogP contribution < -0.4 is 11.2 Å². The third-order valence-corrected chi connectivity index (χ3v) is 6.10. The number of aromatic nitrogens is 2. The van der Waals surface area contributed by atoms with Gasteiger partial charge in [-0.05, 0) is 0 Å². The fraction of sp³-hybridized carbons (Fsp3) is 0.429. The quantitative estimate of drug-likeness (QED) is 0.243. The van der Waals surface area contributed by atoms with Crippen molar-refractivity contribution in [2.75, 3.05) is 13.0 Å². The zero-order valence-electron chi connectivity index (χ0n) is 11.6. The third-order valence-electron chi connectivity index (χ3n) is 2.07. The van der Waals surface area contributed by atoms with E-state index in [-0.39, 0.29) is 13.2 Å². The molecular formula is C7H13N2O12P3. The van der Waals surface area contributed by atoms with E-state index in [4.69, 9.17) is 19.4 Å². The molecule has 138 valence electrons. The normalized spacial score (nSPS) is 17.2. The van der Waals surface area contributed by atoms with Crippen molar-refractivity contribution in [1.29, 1.82) is 0 Å². The van der Waals surface area contributed by atoms with Crippen LogP contribution in [0, 0.1) is 0 Å². The average molecular weight is 410 g/mol. The van der Waals surface area contributed by atoms with Gasteiger partial charge < -0.3 is 24.3 Å². The predicted octanol–water partition coefficient (Wildman–Crippen LogP) is -1.08. The number of H-pyrrole nitrogens is 1. The van der Waals surface area contributed by atoms with E-state index in [0.717, 1.165) is 16.8 Å². The summed E-state index contributed by atoms with van der Waals surface area (Å²) >= 11 is 0. The number of hydrogen-bond donors (Lipinski definition) is 5. The SMILES string of the molecule is O=c1ccn(CCOCP(=O)(O)OP(=O)(O)OP(=O)(O)O)c(=O)[nH]1. The summed E-state index contributed by atoms with van der Waals surface area (Å²) in [5, 5.41) is 0. The summed E-state index contributed by atoms with van der Waals surface area (Å²) in [6.07, 6.45) is 0.0233. The first-order valence-corrected chi connectivity index (χ1v) is 10.6. The first-order chi connectivity index (χ1) is 10.8. The van der Waals surface area contributed by atoms with E-state index < -0.39 is 40.8 Å². The summed E-state index contributed by atoms with van der Waals surface area (Å²) in [5.74, 6) is 0. The molecule has 5 N–H and O–H groups in total. The van der Waals surface area contributed by atoms with E-state index in [9.17, 15) is 28.2 Å². The van der Waals surface area contributed by atoms with Gasteiger partial charge >= 0.3 is 28.9 Å². The van der Waals surface area contributed by atoms with Crippen molar-refractivity contribution in [1.82, 2.24) is 9.55 Å². The number of nitrogens with zero attached hydrogens (tertiary/aromatic N) is 1. The van der Waals surface area contributed by atoms with Gasteiger partial charge in [-0.25, -0.2) is 18.2 Å². The fourth-order valence-corrected chi connectivity index (χ4v) is 4.60. The Balaban J connectivity index is 2.52. The lowest BCUT2D eigenvalue weighted by molar-refractivity contribution is 0.144. The number of phosphoric acid groups is 2. The molecule has 0 radical (unpaired) electrons. The van der Waals surface area contributed by atoms with Crippen LogP contribution in [0.3, 0.4) is 0 Å².